The van der Waals surface area contributed by atoms with Gasteiger partial charge in [-0.1, -0.05) is 18.5 Å². The van der Waals surface area contributed by atoms with Crippen LogP contribution in [0.1, 0.15) is 63.1 Å². The predicted molar refractivity (Wildman–Crippen MR) is 78.3 cm³/mol. The molecule has 1 aliphatic rings. The molecular weight excluding hydrogens is 286 g/mol. The van der Waals surface area contributed by atoms with Gasteiger partial charge in [0.15, 0.2) is 5.82 Å². The number of hydrogen-bond donors (Lipinski definition) is 2. The SMILES string of the molecule is CCCC(CNC(=O)CCCc1nc(C2CC2)no1)C(=O)O. The van der Waals surface area contributed by atoms with Crippen LogP contribution in [0.25, 0.3) is 0 Å². The summed E-state index contributed by atoms with van der Waals surface area (Å²) in [5.41, 5.74) is 0. The molecule has 1 aromatic rings. The molecule has 1 heterocycles. The summed E-state index contributed by atoms with van der Waals surface area (Å²) in [5.74, 6) is 0.315. The Kier molecular flexibility index (Phi) is 5.91. The van der Waals surface area contributed by atoms with Crippen molar-refractivity contribution >= 4 is 11.9 Å². The van der Waals surface area contributed by atoms with Crippen molar-refractivity contribution in [1.29, 1.82) is 0 Å². The minimum Gasteiger partial charge on any atom is -0.481 e. The summed E-state index contributed by atoms with van der Waals surface area (Å²) in [7, 11) is 0. The van der Waals surface area contributed by atoms with Crippen molar-refractivity contribution in [2.45, 2.75) is 57.8 Å². The fourth-order valence-corrected chi connectivity index (χ4v) is 2.26. The highest BCUT2D eigenvalue weighted by Crippen LogP contribution is 2.38. The van der Waals surface area contributed by atoms with Gasteiger partial charge in [0.25, 0.3) is 0 Å². The Morgan fingerprint density at radius 1 is 1.45 bits per heavy atom. The molecule has 0 saturated heterocycles. The Labute approximate surface area is 129 Å². The van der Waals surface area contributed by atoms with Gasteiger partial charge in [-0.2, -0.15) is 4.98 Å². The van der Waals surface area contributed by atoms with Crippen molar-refractivity contribution in [3.05, 3.63) is 11.7 Å². The second-order valence-electron chi connectivity index (χ2n) is 5.80. The third kappa shape index (κ3) is 5.13. The van der Waals surface area contributed by atoms with E-state index in [1.807, 2.05) is 6.92 Å². The second-order valence-corrected chi connectivity index (χ2v) is 5.80. The number of nitrogens with zero attached hydrogens (tertiary/aromatic N) is 2. The molecule has 7 heteroatoms. The van der Waals surface area contributed by atoms with E-state index in [2.05, 4.69) is 15.5 Å². The first-order valence-corrected chi connectivity index (χ1v) is 7.92. The van der Waals surface area contributed by atoms with Crippen LogP contribution in [0.2, 0.25) is 0 Å². The van der Waals surface area contributed by atoms with Crippen LogP contribution in [0.5, 0.6) is 0 Å². The van der Waals surface area contributed by atoms with Gasteiger partial charge in [0, 0.05) is 25.3 Å². The van der Waals surface area contributed by atoms with Gasteiger partial charge in [-0.3, -0.25) is 9.59 Å². The molecule has 2 N–H and O–H groups in total. The molecule has 22 heavy (non-hydrogen) atoms. The van der Waals surface area contributed by atoms with E-state index in [1.54, 1.807) is 0 Å². The smallest absolute Gasteiger partial charge is 0.308 e. The molecule has 0 bridgehead atoms. The lowest BCUT2D eigenvalue weighted by Gasteiger charge is -2.12. The van der Waals surface area contributed by atoms with E-state index in [9.17, 15) is 9.59 Å². The van der Waals surface area contributed by atoms with Crippen LogP contribution >= 0.6 is 0 Å². The van der Waals surface area contributed by atoms with E-state index in [-0.39, 0.29) is 12.5 Å². The fourth-order valence-electron chi connectivity index (χ4n) is 2.26. The lowest BCUT2D eigenvalue weighted by atomic mass is 10.0. The van der Waals surface area contributed by atoms with Crippen LogP contribution in [0.4, 0.5) is 0 Å². The van der Waals surface area contributed by atoms with Gasteiger partial charge in [-0.15, -0.1) is 0 Å². The topological polar surface area (TPSA) is 105 Å². The van der Waals surface area contributed by atoms with E-state index in [4.69, 9.17) is 9.63 Å². The Bertz CT molecular complexity index is 511. The number of carbonyl (C=O) groups excluding carboxylic acids is 1. The normalized spacial score (nSPS) is 15.5. The fraction of sp³-hybridized carbons (Fsp3) is 0.733. The highest BCUT2D eigenvalue weighted by molar-refractivity contribution is 5.77. The lowest BCUT2D eigenvalue weighted by molar-refractivity contribution is -0.141. The van der Waals surface area contributed by atoms with E-state index in [0.29, 0.717) is 37.5 Å². The average molecular weight is 309 g/mol. The van der Waals surface area contributed by atoms with Gasteiger partial charge in [0.2, 0.25) is 11.8 Å². The molecule has 1 aliphatic carbocycles. The molecule has 0 spiro atoms. The van der Waals surface area contributed by atoms with Crippen molar-refractivity contribution in [3.63, 3.8) is 0 Å². The quantitative estimate of drug-likeness (QED) is 0.683. The zero-order valence-electron chi connectivity index (χ0n) is 12.9. The summed E-state index contributed by atoms with van der Waals surface area (Å²) < 4.78 is 5.14. The van der Waals surface area contributed by atoms with Gasteiger partial charge >= 0.3 is 5.97 Å². The Balaban J connectivity index is 1.63. The molecule has 1 unspecified atom stereocenters. The molecule has 1 fully saturated rings. The molecule has 122 valence electrons. The number of aliphatic carboxylic acids is 1. The Hall–Kier alpha value is -1.92. The largest absolute Gasteiger partial charge is 0.481 e. The minimum absolute atomic E-state index is 0.135. The number of carbonyl (C=O) groups is 2. The summed E-state index contributed by atoms with van der Waals surface area (Å²) in [4.78, 5) is 27.0. The molecule has 1 amide bonds. The number of nitrogens with one attached hydrogen (secondary N) is 1. The number of carboxylic acids is 1. The highest BCUT2D eigenvalue weighted by atomic mass is 16.5. The number of rotatable bonds is 10. The van der Waals surface area contributed by atoms with E-state index in [1.165, 1.54) is 0 Å². The maximum absolute atomic E-state index is 11.7. The van der Waals surface area contributed by atoms with Crippen molar-refractivity contribution in [2.75, 3.05) is 6.54 Å². The van der Waals surface area contributed by atoms with Crippen LogP contribution in [0.3, 0.4) is 0 Å². The maximum Gasteiger partial charge on any atom is 0.308 e. The lowest BCUT2D eigenvalue weighted by Crippen LogP contribution is -2.32. The van der Waals surface area contributed by atoms with Crippen molar-refractivity contribution in [1.82, 2.24) is 15.5 Å². The first-order valence-electron chi connectivity index (χ1n) is 7.92. The van der Waals surface area contributed by atoms with Crippen LogP contribution in [0.15, 0.2) is 4.52 Å². The van der Waals surface area contributed by atoms with E-state index >= 15 is 0 Å². The third-order valence-electron chi connectivity index (χ3n) is 3.75. The summed E-state index contributed by atoms with van der Waals surface area (Å²) in [6, 6.07) is 0. The maximum atomic E-state index is 11.7. The monoisotopic (exact) mass is 309 g/mol. The van der Waals surface area contributed by atoms with Gasteiger partial charge in [-0.05, 0) is 25.7 Å². The van der Waals surface area contributed by atoms with Gasteiger partial charge in [0.1, 0.15) is 0 Å². The highest BCUT2D eigenvalue weighted by Gasteiger charge is 2.28. The van der Waals surface area contributed by atoms with Crippen molar-refractivity contribution in [2.24, 2.45) is 5.92 Å². The molecule has 0 aliphatic heterocycles. The molecule has 0 aromatic carbocycles. The minimum atomic E-state index is -0.861. The van der Waals surface area contributed by atoms with Crippen LogP contribution in [-0.4, -0.2) is 33.7 Å². The Morgan fingerprint density at radius 3 is 2.86 bits per heavy atom. The first kappa shape index (κ1) is 16.5. The van der Waals surface area contributed by atoms with E-state index in [0.717, 1.165) is 25.1 Å². The molecule has 2 rings (SSSR count). The zero-order chi connectivity index (χ0) is 15.9. The first-order chi connectivity index (χ1) is 10.6. The predicted octanol–water partition coefficient (Wildman–Crippen LogP) is 1.89. The third-order valence-corrected chi connectivity index (χ3v) is 3.75. The molecule has 1 atom stereocenters. The standard InChI is InChI=1S/C15H23N3O4/c1-2-4-11(15(20)21)9-16-12(19)5-3-6-13-17-14(18-22-13)10-7-8-10/h10-11H,2-9H2,1H3,(H,16,19)(H,20,21). The molecule has 7 nitrogen and oxygen atoms in total. The molecule has 1 aromatic heterocycles. The van der Waals surface area contributed by atoms with Gasteiger partial charge in [-0.25, -0.2) is 0 Å². The summed E-state index contributed by atoms with van der Waals surface area (Å²) in [6.07, 6.45) is 5.14. The number of hydrogen-bond acceptors (Lipinski definition) is 5. The number of amides is 1. The number of carboxylic acid groups (broad SMARTS) is 1. The van der Waals surface area contributed by atoms with Crippen LogP contribution < -0.4 is 5.32 Å². The van der Waals surface area contributed by atoms with Gasteiger partial charge in [0.05, 0.1) is 5.92 Å². The van der Waals surface area contributed by atoms with E-state index < -0.39 is 11.9 Å². The Morgan fingerprint density at radius 2 is 2.23 bits per heavy atom. The van der Waals surface area contributed by atoms with Crippen molar-refractivity contribution < 1.29 is 19.2 Å². The van der Waals surface area contributed by atoms with Crippen molar-refractivity contribution in [3.8, 4) is 0 Å². The molecule has 1 saturated carbocycles. The summed E-state index contributed by atoms with van der Waals surface area (Å²) >= 11 is 0. The number of aryl methyl sites for hydroxylation is 1. The van der Waals surface area contributed by atoms with Gasteiger partial charge < -0.3 is 14.9 Å². The van der Waals surface area contributed by atoms with Crippen LogP contribution in [0, 0.1) is 5.92 Å². The molecule has 0 radical (unpaired) electrons. The second kappa shape index (κ2) is 7.91. The zero-order valence-corrected chi connectivity index (χ0v) is 12.9. The average Bonchev–Trinajstić information content (AvgIpc) is 3.23. The summed E-state index contributed by atoms with van der Waals surface area (Å²) in [5, 5.41) is 15.6. The number of aromatic nitrogens is 2. The molecular formula is C15H23N3O4. The summed E-state index contributed by atoms with van der Waals surface area (Å²) in [6.45, 7) is 2.12. The van der Waals surface area contributed by atoms with Crippen LogP contribution in [-0.2, 0) is 16.0 Å².